The van der Waals surface area contributed by atoms with Crippen LogP contribution in [0.25, 0.3) is 0 Å². The van der Waals surface area contributed by atoms with Crippen LogP contribution in [0.2, 0.25) is 0 Å². The second kappa shape index (κ2) is 5.09. The number of halogens is 1. The number of hydrogen-bond acceptors (Lipinski definition) is 5. The van der Waals surface area contributed by atoms with Crippen molar-refractivity contribution in [2.45, 2.75) is 18.9 Å². The molecule has 0 aliphatic carbocycles. The average molecular weight is 233 g/mol. The van der Waals surface area contributed by atoms with Crippen LogP contribution in [0.15, 0.2) is 4.52 Å². The van der Waals surface area contributed by atoms with E-state index in [2.05, 4.69) is 20.8 Å². The lowest BCUT2D eigenvalue weighted by molar-refractivity contribution is -0.120. The Bertz CT molecular complexity index is 337. The van der Waals surface area contributed by atoms with Gasteiger partial charge in [0.05, 0.1) is 12.5 Å². The van der Waals surface area contributed by atoms with Crippen LogP contribution in [0.5, 0.6) is 0 Å². The molecule has 2 rings (SSSR count). The molecule has 1 fully saturated rings. The largest absolute Gasteiger partial charge is 0.359 e. The van der Waals surface area contributed by atoms with Crippen molar-refractivity contribution in [3.63, 3.8) is 0 Å². The molecule has 1 amide bonds. The summed E-state index contributed by atoms with van der Waals surface area (Å²) in [7, 11) is 1.58. The van der Waals surface area contributed by atoms with E-state index in [9.17, 15) is 4.79 Å². The molecule has 0 saturated carbocycles. The van der Waals surface area contributed by atoms with Gasteiger partial charge in [0.1, 0.15) is 0 Å². The summed E-state index contributed by atoms with van der Waals surface area (Å²) in [5.74, 6) is 0.905. The highest BCUT2D eigenvalue weighted by molar-refractivity contribution is 5.85. The fourth-order valence-corrected chi connectivity index (χ4v) is 1.21. The number of amides is 1. The van der Waals surface area contributed by atoms with Gasteiger partial charge in [-0.3, -0.25) is 4.79 Å². The van der Waals surface area contributed by atoms with Gasteiger partial charge in [-0.25, -0.2) is 0 Å². The fraction of sp³-hybridized carbons (Fsp3) is 0.625. The lowest BCUT2D eigenvalue weighted by atomic mass is 10.1. The van der Waals surface area contributed by atoms with Crippen molar-refractivity contribution in [1.82, 2.24) is 20.8 Å². The number of carbonyl (C=O) groups is 1. The van der Waals surface area contributed by atoms with Crippen LogP contribution >= 0.6 is 12.4 Å². The smallest absolute Gasteiger partial charge is 0.243 e. The molecular weight excluding hydrogens is 220 g/mol. The highest BCUT2D eigenvalue weighted by Crippen LogP contribution is 2.20. The molecule has 2 N–H and O–H groups in total. The van der Waals surface area contributed by atoms with Crippen LogP contribution in [-0.2, 0) is 11.2 Å². The predicted octanol–water partition coefficient (Wildman–Crippen LogP) is -0.186. The van der Waals surface area contributed by atoms with Gasteiger partial charge in [-0.05, 0) is 13.0 Å². The first-order valence-corrected chi connectivity index (χ1v) is 4.56. The monoisotopic (exact) mass is 232 g/mol. The summed E-state index contributed by atoms with van der Waals surface area (Å²) in [6, 6.07) is 0.181. The molecule has 2 heterocycles. The molecule has 1 atom stereocenters. The first-order chi connectivity index (χ1) is 6.79. The maximum Gasteiger partial charge on any atom is 0.243 e. The zero-order valence-corrected chi connectivity index (χ0v) is 9.13. The number of aromatic nitrogens is 2. The van der Waals surface area contributed by atoms with Crippen LogP contribution in [0.3, 0.4) is 0 Å². The van der Waals surface area contributed by atoms with Crippen LogP contribution in [0.1, 0.15) is 24.2 Å². The fourth-order valence-electron chi connectivity index (χ4n) is 1.21. The van der Waals surface area contributed by atoms with Crippen LogP contribution in [-0.4, -0.2) is 29.6 Å². The van der Waals surface area contributed by atoms with Gasteiger partial charge in [-0.15, -0.1) is 12.4 Å². The minimum absolute atomic E-state index is 0. The van der Waals surface area contributed by atoms with Crippen molar-refractivity contribution >= 4 is 18.3 Å². The summed E-state index contributed by atoms with van der Waals surface area (Å²) in [5.41, 5.74) is 0. The Morgan fingerprint density at radius 3 is 3.00 bits per heavy atom. The van der Waals surface area contributed by atoms with E-state index in [-0.39, 0.29) is 30.8 Å². The Morgan fingerprint density at radius 2 is 2.47 bits per heavy atom. The van der Waals surface area contributed by atoms with Gasteiger partial charge < -0.3 is 15.2 Å². The molecule has 1 aromatic rings. The third-order valence-electron chi connectivity index (χ3n) is 2.20. The molecule has 84 valence electrons. The second-order valence-electron chi connectivity index (χ2n) is 3.19. The zero-order valence-electron chi connectivity index (χ0n) is 8.32. The molecule has 0 spiro atoms. The van der Waals surface area contributed by atoms with Crippen LogP contribution in [0.4, 0.5) is 0 Å². The third-order valence-corrected chi connectivity index (χ3v) is 2.20. The SMILES string of the molecule is CNC(=O)Cc1noc([C@H]2CCN2)n1.Cl. The van der Waals surface area contributed by atoms with Gasteiger partial charge in [0.2, 0.25) is 11.8 Å². The van der Waals surface area contributed by atoms with E-state index >= 15 is 0 Å². The summed E-state index contributed by atoms with van der Waals surface area (Å²) in [6.45, 7) is 0.984. The Morgan fingerprint density at radius 1 is 1.73 bits per heavy atom. The maximum atomic E-state index is 11.0. The van der Waals surface area contributed by atoms with Crippen molar-refractivity contribution in [2.24, 2.45) is 0 Å². The van der Waals surface area contributed by atoms with Gasteiger partial charge in [0.15, 0.2) is 5.82 Å². The molecule has 0 radical (unpaired) electrons. The molecule has 1 aliphatic heterocycles. The molecule has 15 heavy (non-hydrogen) atoms. The van der Waals surface area contributed by atoms with E-state index in [1.165, 1.54) is 0 Å². The first kappa shape index (κ1) is 11.9. The minimum atomic E-state index is -0.112. The molecular formula is C8H13ClN4O2. The number of carbonyl (C=O) groups excluding carboxylic acids is 1. The summed E-state index contributed by atoms with van der Waals surface area (Å²) in [6.07, 6.45) is 1.19. The molecule has 0 bridgehead atoms. The standard InChI is InChI=1S/C8H12N4O2.ClH/c1-9-7(13)4-6-11-8(14-12-6)5-2-3-10-5;/h5,10H,2-4H2,1H3,(H,9,13);1H/t5-;/m1./s1. The first-order valence-electron chi connectivity index (χ1n) is 4.56. The number of hydrogen-bond donors (Lipinski definition) is 2. The Hall–Kier alpha value is -1.14. The normalized spacial score (nSPS) is 18.9. The quantitative estimate of drug-likeness (QED) is 0.756. The van der Waals surface area contributed by atoms with E-state index in [4.69, 9.17) is 4.52 Å². The molecule has 1 aliphatic rings. The summed E-state index contributed by atoms with van der Waals surface area (Å²) >= 11 is 0. The van der Waals surface area contributed by atoms with Crippen molar-refractivity contribution in [3.05, 3.63) is 11.7 Å². The Labute approximate surface area is 93.2 Å². The highest BCUT2D eigenvalue weighted by atomic mass is 35.5. The predicted molar refractivity (Wildman–Crippen MR) is 54.7 cm³/mol. The molecule has 1 saturated heterocycles. The minimum Gasteiger partial charge on any atom is -0.359 e. The van der Waals surface area contributed by atoms with Crippen molar-refractivity contribution < 1.29 is 9.32 Å². The van der Waals surface area contributed by atoms with Crippen LogP contribution < -0.4 is 10.6 Å². The van der Waals surface area contributed by atoms with E-state index in [1.54, 1.807) is 7.05 Å². The van der Waals surface area contributed by atoms with Gasteiger partial charge in [0, 0.05) is 7.05 Å². The van der Waals surface area contributed by atoms with Gasteiger partial charge in [0.25, 0.3) is 0 Å². The van der Waals surface area contributed by atoms with E-state index < -0.39 is 0 Å². The lowest BCUT2D eigenvalue weighted by Gasteiger charge is -2.23. The molecule has 0 aromatic carbocycles. The van der Waals surface area contributed by atoms with E-state index in [0.717, 1.165) is 13.0 Å². The van der Waals surface area contributed by atoms with Gasteiger partial charge >= 0.3 is 0 Å². The van der Waals surface area contributed by atoms with E-state index in [1.807, 2.05) is 0 Å². The summed E-state index contributed by atoms with van der Waals surface area (Å²) < 4.78 is 5.01. The highest BCUT2D eigenvalue weighted by Gasteiger charge is 2.24. The van der Waals surface area contributed by atoms with Crippen LogP contribution in [0, 0.1) is 0 Å². The van der Waals surface area contributed by atoms with Crippen molar-refractivity contribution in [3.8, 4) is 0 Å². The Balaban J connectivity index is 0.00000112. The van der Waals surface area contributed by atoms with E-state index in [0.29, 0.717) is 11.7 Å². The lowest BCUT2D eigenvalue weighted by Crippen LogP contribution is -2.35. The molecule has 0 unspecified atom stereocenters. The number of rotatable bonds is 3. The Kier molecular flexibility index (Phi) is 4.05. The van der Waals surface area contributed by atoms with Crippen molar-refractivity contribution in [2.75, 3.05) is 13.6 Å². The van der Waals surface area contributed by atoms with Gasteiger partial charge in [-0.1, -0.05) is 5.16 Å². The zero-order chi connectivity index (χ0) is 9.97. The summed E-state index contributed by atoms with van der Waals surface area (Å²) in [5, 5.41) is 9.37. The average Bonchev–Trinajstić information content (AvgIpc) is 2.50. The number of nitrogens with zero attached hydrogens (tertiary/aromatic N) is 2. The number of likely N-dealkylation sites (N-methyl/N-ethyl adjacent to an activating group) is 1. The topological polar surface area (TPSA) is 80.0 Å². The molecule has 1 aromatic heterocycles. The third kappa shape index (κ3) is 2.66. The van der Waals surface area contributed by atoms with Crippen molar-refractivity contribution in [1.29, 1.82) is 0 Å². The molecule has 7 heteroatoms. The summed E-state index contributed by atoms with van der Waals surface area (Å²) in [4.78, 5) is 15.1. The number of nitrogens with one attached hydrogen (secondary N) is 2. The molecule has 6 nitrogen and oxygen atoms in total. The maximum absolute atomic E-state index is 11.0. The van der Waals surface area contributed by atoms with Gasteiger partial charge in [-0.2, -0.15) is 4.98 Å². The second-order valence-corrected chi connectivity index (χ2v) is 3.19.